The molecule has 0 spiro atoms. The number of halogens is 1. The molecule has 0 bridgehead atoms. The summed E-state index contributed by atoms with van der Waals surface area (Å²) in [4.78, 5) is 15.6. The Morgan fingerprint density at radius 1 is 1.04 bits per heavy atom. The fraction of sp³-hybridized carbons (Fsp3) is 0.524. The third-order valence-corrected chi connectivity index (χ3v) is 6.34. The number of fused-ring (bicyclic) bond motifs is 1. The monoisotopic (exact) mass is 383 g/mol. The van der Waals surface area contributed by atoms with Gasteiger partial charge in [-0.15, -0.1) is 0 Å². The number of hydrogen-bond donors (Lipinski definition) is 0. The molecule has 3 fully saturated rings. The molecule has 1 aromatic heterocycles. The molecular formula is C21H26FN5O. The Morgan fingerprint density at radius 3 is 2.61 bits per heavy atom. The largest absolute Gasteiger partial charge is 0.378 e. The van der Waals surface area contributed by atoms with E-state index >= 15 is 0 Å². The Morgan fingerprint density at radius 2 is 1.82 bits per heavy atom. The molecular weight excluding hydrogens is 357 g/mol. The topological polar surface area (TPSA) is 44.7 Å². The number of benzene rings is 1. The average Bonchev–Trinajstić information content (AvgIpc) is 3.26. The quantitative estimate of drug-likeness (QED) is 0.810. The summed E-state index contributed by atoms with van der Waals surface area (Å²) in [7, 11) is 2.21. The molecule has 5 rings (SSSR count). The highest BCUT2D eigenvalue weighted by Gasteiger charge is 2.46. The maximum Gasteiger partial charge on any atom is 0.227 e. The lowest BCUT2D eigenvalue weighted by atomic mass is 9.90. The molecule has 0 saturated carbocycles. The molecule has 7 heteroatoms. The Labute approximate surface area is 164 Å². The van der Waals surface area contributed by atoms with E-state index in [-0.39, 0.29) is 5.82 Å². The minimum atomic E-state index is -0.355. The second-order valence-electron chi connectivity index (χ2n) is 8.06. The molecule has 2 aromatic rings. The highest BCUT2D eigenvalue weighted by Crippen LogP contribution is 2.44. The van der Waals surface area contributed by atoms with Crippen LogP contribution in [0.2, 0.25) is 0 Å². The minimum absolute atomic E-state index is 0.355. The lowest BCUT2D eigenvalue weighted by Gasteiger charge is -2.29. The predicted octanol–water partition coefficient (Wildman–Crippen LogP) is 2.19. The van der Waals surface area contributed by atoms with Crippen molar-refractivity contribution in [2.24, 2.45) is 11.8 Å². The molecule has 0 unspecified atom stereocenters. The third kappa shape index (κ3) is 3.12. The van der Waals surface area contributed by atoms with Crippen LogP contribution in [0.1, 0.15) is 11.6 Å². The Balaban J connectivity index is 1.38. The van der Waals surface area contributed by atoms with Crippen LogP contribution in [0.4, 0.5) is 16.2 Å². The van der Waals surface area contributed by atoms with Gasteiger partial charge >= 0.3 is 0 Å². The van der Waals surface area contributed by atoms with Crippen molar-refractivity contribution >= 4 is 11.8 Å². The van der Waals surface area contributed by atoms with Crippen molar-refractivity contribution in [2.75, 3.05) is 62.8 Å². The number of rotatable bonds is 3. The lowest BCUT2D eigenvalue weighted by molar-refractivity contribution is 0.122. The normalized spacial score (nSPS) is 28.0. The zero-order chi connectivity index (χ0) is 19.1. The first-order chi connectivity index (χ1) is 13.7. The van der Waals surface area contributed by atoms with Gasteiger partial charge in [-0.1, -0.05) is 30.3 Å². The molecule has 0 amide bonds. The van der Waals surface area contributed by atoms with E-state index < -0.39 is 0 Å². The summed E-state index contributed by atoms with van der Waals surface area (Å²) >= 11 is 0. The van der Waals surface area contributed by atoms with Crippen molar-refractivity contribution in [3.8, 4) is 0 Å². The van der Waals surface area contributed by atoms with Crippen LogP contribution in [0.5, 0.6) is 0 Å². The Hall–Kier alpha value is -2.25. The SMILES string of the molecule is CN1C[C@H]2CN(c3ncc(F)c(N4CCOCC4)n3)C[C@H]2[C@@H]1c1ccccc1. The highest BCUT2D eigenvalue weighted by molar-refractivity contribution is 5.46. The van der Waals surface area contributed by atoms with Crippen LogP contribution in [0, 0.1) is 17.7 Å². The van der Waals surface area contributed by atoms with Gasteiger partial charge in [-0.2, -0.15) is 4.98 Å². The van der Waals surface area contributed by atoms with E-state index in [1.165, 1.54) is 11.8 Å². The molecule has 6 nitrogen and oxygen atoms in total. The summed E-state index contributed by atoms with van der Waals surface area (Å²) in [6.07, 6.45) is 1.32. The van der Waals surface area contributed by atoms with Gasteiger partial charge in [0.2, 0.25) is 5.95 Å². The molecule has 0 N–H and O–H groups in total. The molecule has 4 heterocycles. The predicted molar refractivity (Wildman–Crippen MR) is 106 cm³/mol. The van der Waals surface area contributed by atoms with Crippen LogP contribution in [-0.2, 0) is 4.74 Å². The Kier molecular flexibility index (Phi) is 4.64. The first kappa shape index (κ1) is 17.8. The molecule has 148 valence electrons. The number of ether oxygens (including phenoxy) is 1. The van der Waals surface area contributed by atoms with E-state index in [2.05, 4.69) is 57.1 Å². The van der Waals surface area contributed by atoms with Crippen LogP contribution in [0.25, 0.3) is 0 Å². The molecule has 1 aromatic carbocycles. The van der Waals surface area contributed by atoms with Crippen molar-refractivity contribution in [2.45, 2.75) is 6.04 Å². The van der Waals surface area contributed by atoms with Gasteiger partial charge in [-0.05, 0) is 18.5 Å². The van der Waals surface area contributed by atoms with Crippen molar-refractivity contribution in [1.29, 1.82) is 0 Å². The number of morpholine rings is 1. The number of hydrogen-bond acceptors (Lipinski definition) is 6. The Bertz CT molecular complexity index is 829. The number of nitrogens with zero attached hydrogens (tertiary/aromatic N) is 5. The van der Waals surface area contributed by atoms with Gasteiger partial charge in [-0.25, -0.2) is 9.37 Å². The highest BCUT2D eigenvalue weighted by atomic mass is 19.1. The molecule has 0 aliphatic carbocycles. The molecule has 28 heavy (non-hydrogen) atoms. The van der Waals surface area contributed by atoms with Crippen LogP contribution in [0.15, 0.2) is 36.5 Å². The smallest absolute Gasteiger partial charge is 0.227 e. The van der Waals surface area contributed by atoms with E-state index in [1.807, 2.05) is 4.90 Å². The van der Waals surface area contributed by atoms with E-state index in [0.717, 1.165) is 19.6 Å². The summed E-state index contributed by atoms with van der Waals surface area (Å²) in [5.41, 5.74) is 1.37. The van der Waals surface area contributed by atoms with Crippen molar-refractivity contribution < 1.29 is 9.13 Å². The second-order valence-corrected chi connectivity index (χ2v) is 8.06. The van der Waals surface area contributed by atoms with Crippen LogP contribution < -0.4 is 9.80 Å². The second kappa shape index (κ2) is 7.29. The first-order valence-electron chi connectivity index (χ1n) is 10.1. The van der Waals surface area contributed by atoms with Crippen molar-refractivity contribution in [1.82, 2.24) is 14.9 Å². The van der Waals surface area contributed by atoms with Gasteiger partial charge in [0, 0.05) is 44.7 Å². The van der Waals surface area contributed by atoms with Gasteiger partial charge in [0.25, 0.3) is 0 Å². The zero-order valence-corrected chi connectivity index (χ0v) is 16.2. The fourth-order valence-corrected chi connectivity index (χ4v) is 5.07. The average molecular weight is 383 g/mol. The van der Waals surface area contributed by atoms with Crippen LogP contribution in [0.3, 0.4) is 0 Å². The van der Waals surface area contributed by atoms with Gasteiger partial charge in [0.05, 0.1) is 19.4 Å². The fourth-order valence-electron chi connectivity index (χ4n) is 5.07. The zero-order valence-electron chi connectivity index (χ0n) is 16.2. The summed E-state index contributed by atoms with van der Waals surface area (Å²) in [6.45, 7) is 5.45. The van der Waals surface area contributed by atoms with E-state index in [0.29, 0.717) is 55.9 Å². The summed E-state index contributed by atoms with van der Waals surface area (Å²) in [6, 6.07) is 11.1. The standard InChI is InChI=1S/C21H26FN5O/c1-25-12-16-13-27(14-17(16)19(25)15-5-3-2-4-6-15)21-23-11-18(22)20(24-21)26-7-9-28-10-8-26/h2-6,11,16-17,19H,7-10,12-14H2,1H3/t16-,17+,19-/m0/s1. The maximum absolute atomic E-state index is 14.4. The lowest BCUT2D eigenvalue weighted by Crippen LogP contribution is -2.38. The first-order valence-corrected chi connectivity index (χ1v) is 10.1. The minimum Gasteiger partial charge on any atom is -0.378 e. The molecule has 0 radical (unpaired) electrons. The van der Waals surface area contributed by atoms with Crippen LogP contribution in [-0.4, -0.2) is 67.9 Å². The maximum atomic E-state index is 14.4. The molecule has 3 saturated heterocycles. The number of aromatic nitrogens is 2. The van der Waals surface area contributed by atoms with Gasteiger partial charge < -0.3 is 14.5 Å². The number of anilines is 2. The van der Waals surface area contributed by atoms with E-state index in [4.69, 9.17) is 4.74 Å². The molecule has 3 atom stereocenters. The van der Waals surface area contributed by atoms with Crippen molar-refractivity contribution in [3.05, 3.63) is 47.9 Å². The van der Waals surface area contributed by atoms with Crippen LogP contribution >= 0.6 is 0 Å². The number of likely N-dealkylation sites (tertiary alicyclic amines) is 1. The van der Waals surface area contributed by atoms with Crippen molar-refractivity contribution in [3.63, 3.8) is 0 Å². The van der Waals surface area contributed by atoms with Gasteiger partial charge in [-0.3, -0.25) is 4.90 Å². The summed E-state index contributed by atoms with van der Waals surface area (Å²) in [5, 5.41) is 0. The molecule has 3 aliphatic heterocycles. The third-order valence-electron chi connectivity index (χ3n) is 6.34. The summed E-state index contributed by atoms with van der Waals surface area (Å²) in [5.74, 6) is 1.81. The van der Waals surface area contributed by atoms with E-state index in [9.17, 15) is 4.39 Å². The molecule has 3 aliphatic rings. The summed E-state index contributed by atoms with van der Waals surface area (Å²) < 4.78 is 19.8. The van der Waals surface area contributed by atoms with Gasteiger partial charge in [0.1, 0.15) is 0 Å². The van der Waals surface area contributed by atoms with Gasteiger partial charge in [0.15, 0.2) is 11.6 Å². The van der Waals surface area contributed by atoms with E-state index in [1.54, 1.807) is 0 Å².